The number of phosphoric ester groups is 1. The first-order chi connectivity index (χ1) is 18.4. The molecular formula is C24H31F2N4O7PS. The number of amides is 1. The van der Waals surface area contributed by atoms with Crippen LogP contribution in [0.2, 0.25) is 0 Å². The largest absolute Gasteiger partial charge is 0.475 e. The molecule has 2 aromatic rings. The number of phosphoric acid groups is 1. The van der Waals surface area contributed by atoms with Gasteiger partial charge in [-0.15, -0.1) is 11.8 Å². The van der Waals surface area contributed by atoms with Crippen molar-refractivity contribution in [3.63, 3.8) is 0 Å². The van der Waals surface area contributed by atoms with Crippen LogP contribution in [0.25, 0.3) is 0 Å². The Morgan fingerprint density at radius 1 is 1.36 bits per heavy atom. The van der Waals surface area contributed by atoms with E-state index in [1.807, 2.05) is 6.07 Å². The maximum Gasteiger partial charge on any atom is 0.475 e. The van der Waals surface area contributed by atoms with Crippen molar-refractivity contribution in [1.82, 2.24) is 9.55 Å². The van der Waals surface area contributed by atoms with Crippen molar-refractivity contribution in [3.05, 3.63) is 46.5 Å². The van der Waals surface area contributed by atoms with Crippen LogP contribution in [0.1, 0.15) is 44.3 Å². The molecule has 1 saturated heterocycles. The molecule has 1 aromatic heterocycles. The topological polar surface area (TPSA) is 130 Å². The molecule has 2 aliphatic rings. The smallest absolute Gasteiger partial charge is 0.378 e. The minimum atomic E-state index is -4.01. The number of ether oxygens (including phenoxy) is 1. The van der Waals surface area contributed by atoms with Gasteiger partial charge in [0.2, 0.25) is 0 Å². The Hall–Kier alpha value is -2.35. The van der Waals surface area contributed by atoms with Gasteiger partial charge in [-0.25, -0.2) is 18.1 Å². The summed E-state index contributed by atoms with van der Waals surface area (Å²) in [5.41, 5.74) is 0.160. The molecule has 0 bridgehead atoms. The number of nitrogens with zero attached hydrogens (tertiary/aromatic N) is 2. The maximum atomic E-state index is 13.9. The second-order valence-electron chi connectivity index (χ2n) is 9.94. The highest BCUT2D eigenvalue weighted by molar-refractivity contribution is 7.99. The zero-order chi connectivity index (χ0) is 28.4. The van der Waals surface area contributed by atoms with Crippen molar-refractivity contribution in [2.24, 2.45) is 0 Å². The second kappa shape index (κ2) is 12.0. The lowest BCUT2D eigenvalue weighted by Gasteiger charge is -2.35. The molecule has 15 heteroatoms. The van der Waals surface area contributed by atoms with Crippen LogP contribution in [-0.4, -0.2) is 65.0 Å². The van der Waals surface area contributed by atoms with E-state index in [0.717, 1.165) is 20.9 Å². The van der Waals surface area contributed by atoms with Gasteiger partial charge in [-0.2, -0.15) is 4.98 Å². The van der Waals surface area contributed by atoms with Crippen molar-refractivity contribution in [3.8, 4) is 0 Å². The van der Waals surface area contributed by atoms with Gasteiger partial charge in [0.15, 0.2) is 6.23 Å². The molecule has 214 valence electrons. The highest BCUT2D eigenvalue weighted by Gasteiger charge is 2.43. The normalized spacial score (nSPS) is 25.0. The summed E-state index contributed by atoms with van der Waals surface area (Å²) >= 11 is 1.69. The predicted octanol–water partition coefficient (Wildman–Crippen LogP) is 4.56. The van der Waals surface area contributed by atoms with Crippen LogP contribution in [0.3, 0.4) is 0 Å². The molecule has 2 unspecified atom stereocenters. The average molecular weight is 589 g/mol. The van der Waals surface area contributed by atoms with E-state index in [2.05, 4.69) is 29.5 Å². The molecule has 0 saturated carbocycles. The molecule has 0 aliphatic carbocycles. The van der Waals surface area contributed by atoms with Crippen LogP contribution in [0, 0.1) is 0 Å². The number of anilines is 2. The maximum absolute atomic E-state index is 13.9. The number of halogens is 2. The van der Waals surface area contributed by atoms with E-state index in [9.17, 15) is 22.9 Å². The van der Waals surface area contributed by atoms with E-state index in [-0.39, 0.29) is 11.4 Å². The number of benzene rings is 1. The number of alkyl halides is 2. The minimum Gasteiger partial charge on any atom is -0.378 e. The first kappa shape index (κ1) is 29.6. The van der Waals surface area contributed by atoms with Crippen molar-refractivity contribution in [2.75, 3.05) is 36.3 Å². The van der Waals surface area contributed by atoms with E-state index in [4.69, 9.17) is 18.3 Å². The third-order valence-corrected chi connectivity index (χ3v) is 8.92. The minimum absolute atomic E-state index is 0.0445. The Labute approximate surface area is 228 Å². The third-order valence-electron chi connectivity index (χ3n) is 5.72. The summed E-state index contributed by atoms with van der Waals surface area (Å²) in [5, 5.41) is 5.97. The lowest BCUT2D eigenvalue weighted by Crippen LogP contribution is -2.43. The van der Waals surface area contributed by atoms with E-state index < -0.39 is 63.9 Å². The highest BCUT2D eigenvalue weighted by Crippen LogP contribution is 2.55. The molecule has 2 aliphatic heterocycles. The molecule has 4 atom stereocenters. The van der Waals surface area contributed by atoms with Crippen LogP contribution >= 0.6 is 19.6 Å². The second-order valence-corrected chi connectivity index (χ2v) is 12.5. The van der Waals surface area contributed by atoms with Gasteiger partial charge in [0.05, 0.1) is 12.7 Å². The van der Waals surface area contributed by atoms with Crippen LogP contribution in [-0.2, 0) is 22.9 Å². The first-order valence-electron chi connectivity index (χ1n) is 12.3. The van der Waals surface area contributed by atoms with Gasteiger partial charge in [0, 0.05) is 33.6 Å². The van der Waals surface area contributed by atoms with Crippen LogP contribution in [0.15, 0.2) is 40.2 Å². The zero-order valence-corrected chi connectivity index (χ0v) is 23.6. The number of aromatic nitrogens is 2. The Kier molecular flexibility index (Phi) is 9.14. The summed E-state index contributed by atoms with van der Waals surface area (Å²) in [6.07, 6.45) is -3.36. The fourth-order valence-electron chi connectivity index (χ4n) is 3.93. The molecule has 39 heavy (non-hydrogen) atoms. The van der Waals surface area contributed by atoms with Gasteiger partial charge < -0.3 is 15.4 Å². The first-order valence-corrected chi connectivity index (χ1v) is 14.7. The summed E-state index contributed by atoms with van der Waals surface area (Å²) < 4.78 is 61.8. The quantitative estimate of drug-likeness (QED) is 0.402. The van der Waals surface area contributed by atoms with E-state index in [1.165, 1.54) is 12.3 Å². The molecule has 2 N–H and O–H groups in total. The number of hydrogen-bond donors (Lipinski definition) is 2. The van der Waals surface area contributed by atoms with E-state index >= 15 is 0 Å². The van der Waals surface area contributed by atoms with Crippen molar-refractivity contribution in [1.29, 1.82) is 0 Å². The van der Waals surface area contributed by atoms with Crippen molar-refractivity contribution < 1.29 is 36.4 Å². The fraction of sp³-hybridized carbons (Fsp3) is 0.542. The highest BCUT2D eigenvalue weighted by atomic mass is 32.2. The van der Waals surface area contributed by atoms with Gasteiger partial charge in [0.25, 0.3) is 5.91 Å². The van der Waals surface area contributed by atoms with Gasteiger partial charge in [-0.3, -0.25) is 22.9 Å². The van der Waals surface area contributed by atoms with Crippen LogP contribution < -0.4 is 16.3 Å². The monoisotopic (exact) mass is 588 g/mol. The number of rotatable bonds is 9. The molecule has 0 spiro atoms. The summed E-state index contributed by atoms with van der Waals surface area (Å²) in [5.74, 6) is 0.362. The van der Waals surface area contributed by atoms with Crippen LogP contribution in [0.5, 0.6) is 0 Å². The Balaban J connectivity index is 1.43. The molecule has 1 amide bonds. The number of carbonyl (C=O) groups excluding carboxylic acids is 1. The number of hydrogen-bond acceptors (Lipinski definition) is 10. The molecule has 0 radical (unpaired) electrons. The zero-order valence-electron chi connectivity index (χ0n) is 21.9. The molecule has 1 fully saturated rings. The standard InChI is InChI=1S/C24H31F2N4O7PS/c1-14(2)36-38(33)34-12-18(17(10-25)37-38)35-21(11-26)30-8-7-20(28-23(30)32)27-22(31)15-5-6-19-16(9-15)29-24(3,4)13-39-19/h5-9,14,17-18,21,29H,10-13H2,1-4H3,(H,27,28,31,32)/t17-,18+,21?,38?/m0/s1. The lowest BCUT2D eigenvalue weighted by atomic mass is 10.1. The summed E-state index contributed by atoms with van der Waals surface area (Å²) in [7, 11) is -4.01. The van der Waals surface area contributed by atoms with Gasteiger partial charge in [-0.05, 0) is 52.0 Å². The Morgan fingerprint density at radius 2 is 2.13 bits per heavy atom. The lowest BCUT2D eigenvalue weighted by molar-refractivity contribution is -0.152. The fourth-order valence-corrected chi connectivity index (χ4v) is 6.49. The molecule has 1 aromatic carbocycles. The summed E-state index contributed by atoms with van der Waals surface area (Å²) in [4.78, 5) is 30.3. The molecule has 11 nitrogen and oxygen atoms in total. The van der Waals surface area contributed by atoms with Gasteiger partial charge in [-0.1, -0.05) is 0 Å². The summed E-state index contributed by atoms with van der Waals surface area (Å²) in [6.45, 7) is 4.66. The number of fused-ring (bicyclic) bond motifs is 1. The van der Waals surface area contributed by atoms with E-state index in [0.29, 0.717) is 5.56 Å². The van der Waals surface area contributed by atoms with E-state index in [1.54, 1.807) is 37.7 Å². The van der Waals surface area contributed by atoms with Crippen molar-refractivity contribution >= 4 is 37.0 Å². The number of nitrogens with one attached hydrogen (secondary N) is 2. The Morgan fingerprint density at radius 3 is 2.79 bits per heavy atom. The van der Waals surface area contributed by atoms with Crippen LogP contribution in [0.4, 0.5) is 20.3 Å². The predicted molar refractivity (Wildman–Crippen MR) is 142 cm³/mol. The van der Waals surface area contributed by atoms with Gasteiger partial charge >= 0.3 is 13.5 Å². The average Bonchev–Trinajstić information content (AvgIpc) is 2.87. The third kappa shape index (κ3) is 7.24. The van der Waals surface area contributed by atoms with Gasteiger partial charge in [0.1, 0.15) is 31.4 Å². The van der Waals surface area contributed by atoms with Crippen molar-refractivity contribution in [2.45, 2.75) is 62.7 Å². The molecular weight excluding hydrogens is 557 g/mol. The molecule has 4 rings (SSSR count). The Bertz CT molecular complexity index is 1310. The number of thioether (sulfide) groups is 1. The number of carbonyl (C=O) groups is 1. The molecule has 3 heterocycles. The summed E-state index contributed by atoms with van der Waals surface area (Å²) in [6, 6.07) is 6.57. The SMILES string of the molecule is CC(C)OP1(=O)OC[C@@H](OC(CF)n2ccc(NC(=O)c3ccc4c(c3)NC(C)(C)CS4)nc2=O)[C@H](CF)O1.